The molecule has 0 saturated heterocycles. The number of ether oxygens (including phenoxy) is 2. The van der Waals surface area contributed by atoms with Crippen LogP contribution in [0.1, 0.15) is 11.1 Å². The Morgan fingerprint density at radius 1 is 0.944 bits per heavy atom. The molecule has 2 heterocycles. The van der Waals surface area contributed by atoms with Gasteiger partial charge in [0.05, 0.1) is 26.5 Å². The third-order valence-corrected chi connectivity index (χ3v) is 7.11. The van der Waals surface area contributed by atoms with Gasteiger partial charge in [0, 0.05) is 50.2 Å². The number of nitrogens with zero attached hydrogens (tertiary/aromatic N) is 4. The Kier molecular flexibility index (Phi) is 7.23. The standard InChI is InChI=1S/C27H22Cl2N4O2S/c1-34-25-10-8-17(11-26(25)35-2)23-16-36-27(31-23)32-30-13-19-15-33(24-6-4-3-5-21(19)24)14-18-7-9-20(28)12-22(18)29/h3-12,15-16H,13-14H2,1-2H3. The molecule has 9 heteroatoms. The van der Waals surface area contributed by atoms with E-state index in [9.17, 15) is 0 Å². The van der Waals surface area contributed by atoms with Crippen LogP contribution in [0, 0.1) is 0 Å². The number of methoxy groups -OCH3 is 2. The molecule has 0 radical (unpaired) electrons. The summed E-state index contributed by atoms with van der Waals surface area (Å²) in [7, 11) is 3.23. The Balaban J connectivity index is 1.35. The second-order valence-electron chi connectivity index (χ2n) is 8.02. The minimum atomic E-state index is 0.438. The second kappa shape index (κ2) is 10.7. The van der Waals surface area contributed by atoms with Crippen LogP contribution < -0.4 is 9.47 Å². The lowest BCUT2D eigenvalue weighted by Gasteiger charge is -2.08. The fourth-order valence-electron chi connectivity index (χ4n) is 4.02. The van der Waals surface area contributed by atoms with Crippen LogP contribution in [0.5, 0.6) is 11.5 Å². The molecule has 36 heavy (non-hydrogen) atoms. The smallest absolute Gasteiger partial charge is 0.230 e. The topological polar surface area (TPSA) is 61.0 Å². The monoisotopic (exact) mass is 536 g/mol. The van der Waals surface area contributed by atoms with Crippen molar-refractivity contribution in [3.05, 3.63) is 93.4 Å². The molecular weight excluding hydrogens is 515 g/mol. The zero-order chi connectivity index (χ0) is 25.1. The molecule has 3 aromatic carbocycles. The Morgan fingerprint density at radius 2 is 1.78 bits per heavy atom. The maximum atomic E-state index is 6.42. The zero-order valence-electron chi connectivity index (χ0n) is 19.6. The van der Waals surface area contributed by atoms with E-state index >= 15 is 0 Å². The molecule has 0 N–H and O–H groups in total. The van der Waals surface area contributed by atoms with Crippen molar-refractivity contribution in [1.29, 1.82) is 0 Å². The van der Waals surface area contributed by atoms with E-state index in [1.807, 2.05) is 47.8 Å². The summed E-state index contributed by atoms with van der Waals surface area (Å²) in [6.45, 7) is 1.07. The SMILES string of the molecule is COc1ccc(-c2csc(N=NCc3cn(Cc4ccc(Cl)cc4Cl)c4ccccc34)n2)cc1OC. The van der Waals surface area contributed by atoms with E-state index < -0.39 is 0 Å². The Hall–Kier alpha value is -3.39. The molecular formula is C27H22Cl2N4O2S. The van der Waals surface area contributed by atoms with Crippen molar-refractivity contribution in [1.82, 2.24) is 9.55 Å². The van der Waals surface area contributed by atoms with E-state index in [4.69, 9.17) is 32.7 Å². The third kappa shape index (κ3) is 5.09. The first kappa shape index (κ1) is 24.3. The number of aromatic nitrogens is 2. The van der Waals surface area contributed by atoms with E-state index in [0.717, 1.165) is 33.3 Å². The molecule has 0 spiro atoms. The number of para-hydroxylation sites is 1. The van der Waals surface area contributed by atoms with Gasteiger partial charge in [0.1, 0.15) is 0 Å². The maximum absolute atomic E-state index is 6.42. The van der Waals surface area contributed by atoms with Crippen LogP contribution in [-0.4, -0.2) is 23.8 Å². The molecule has 0 unspecified atom stereocenters. The van der Waals surface area contributed by atoms with E-state index in [-0.39, 0.29) is 0 Å². The quantitative estimate of drug-likeness (QED) is 0.187. The molecule has 6 nitrogen and oxygen atoms in total. The zero-order valence-corrected chi connectivity index (χ0v) is 21.9. The van der Waals surface area contributed by atoms with Crippen LogP contribution in [0.2, 0.25) is 10.0 Å². The number of azo groups is 1. The first-order chi connectivity index (χ1) is 17.6. The van der Waals surface area contributed by atoms with Crippen LogP contribution >= 0.6 is 34.5 Å². The van der Waals surface area contributed by atoms with Gasteiger partial charge in [0.2, 0.25) is 5.13 Å². The Bertz CT molecular complexity index is 1560. The molecule has 0 aliphatic rings. The fraction of sp³-hybridized carbons (Fsp3) is 0.148. The minimum Gasteiger partial charge on any atom is -0.493 e. The lowest BCUT2D eigenvalue weighted by Crippen LogP contribution is -1.98. The van der Waals surface area contributed by atoms with Gasteiger partial charge >= 0.3 is 0 Å². The number of rotatable bonds is 8. The highest BCUT2D eigenvalue weighted by atomic mass is 35.5. The van der Waals surface area contributed by atoms with Crippen LogP contribution in [-0.2, 0) is 13.1 Å². The van der Waals surface area contributed by atoms with E-state index in [1.54, 1.807) is 20.3 Å². The molecule has 0 saturated carbocycles. The summed E-state index contributed by atoms with van der Waals surface area (Å²) in [4.78, 5) is 4.61. The molecule has 0 fully saturated rings. The van der Waals surface area contributed by atoms with Crippen molar-refractivity contribution in [2.24, 2.45) is 10.2 Å². The van der Waals surface area contributed by atoms with Crippen LogP contribution in [0.15, 0.2) is 82.5 Å². The summed E-state index contributed by atoms with van der Waals surface area (Å²) in [5, 5.41) is 13.8. The van der Waals surface area contributed by atoms with Crippen molar-refractivity contribution in [3.63, 3.8) is 0 Å². The normalized spacial score (nSPS) is 11.4. The maximum Gasteiger partial charge on any atom is 0.230 e. The molecule has 182 valence electrons. The first-order valence-electron chi connectivity index (χ1n) is 11.1. The van der Waals surface area contributed by atoms with Gasteiger partial charge in [-0.3, -0.25) is 0 Å². The number of hydrogen-bond acceptors (Lipinski definition) is 6. The van der Waals surface area contributed by atoms with Crippen molar-refractivity contribution in [2.45, 2.75) is 13.1 Å². The average Bonchev–Trinajstić information content (AvgIpc) is 3.50. The molecule has 0 amide bonds. The fourth-order valence-corrected chi connectivity index (χ4v) is 5.15. The lowest BCUT2D eigenvalue weighted by molar-refractivity contribution is 0.355. The molecule has 2 aromatic heterocycles. The first-order valence-corrected chi connectivity index (χ1v) is 12.8. The second-order valence-corrected chi connectivity index (χ2v) is 9.70. The number of thiazole rings is 1. The number of halogens is 2. The van der Waals surface area contributed by atoms with E-state index in [0.29, 0.717) is 39.8 Å². The number of hydrogen-bond donors (Lipinski definition) is 0. The number of fused-ring (bicyclic) bond motifs is 1. The van der Waals surface area contributed by atoms with Crippen LogP contribution in [0.4, 0.5) is 5.13 Å². The Labute approximate surface area is 222 Å². The van der Waals surface area contributed by atoms with Crippen molar-refractivity contribution in [2.75, 3.05) is 14.2 Å². The minimum absolute atomic E-state index is 0.438. The molecule has 0 atom stereocenters. The molecule has 5 rings (SSSR count). The summed E-state index contributed by atoms with van der Waals surface area (Å²) >= 11 is 13.9. The predicted octanol–water partition coefficient (Wildman–Crippen LogP) is 8.42. The molecule has 0 bridgehead atoms. The molecule has 0 aliphatic heterocycles. The summed E-state index contributed by atoms with van der Waals surface area (Å²) < 4.78 is 12.9. The predicted molar refractivity (Wildman–Crippen MR) is 146 cm³/mol. The van der Waals surface area contributed by atoms with Crippen LogP contribution in [0.3, 0.4) is 0 Å². The van der Waals surface area contributed by atoms with Gasteiger partial charge in [0.15, 0.2) is 11.5 Å². The summed E-state index contributed by atoms with van der Waals surface area (Å²) in [6, 6.07) is 19.5. The van der Waals surface area contributed by atoms with Gasteiger partial charge in [0.25, 0.3) is 0 Å². The lowest BCUT2D eigenvalue weighted by atomic mass is 10.1. The third-order valence-electron chi connectivity index (χ3n) is 5.80. The summed E-state index contributed by atoms with van der Waals surface area (Å²) in [5.41, 5.74) is 4.93. The van der Waals surface area contributed by atoms with Gasteiger partial charge in [-0.05, 0) is 42.0 Å². The highest BCUT2D eigenvalue weighted by Gasteiger charge is 2.11. The van der Waals surface area contributed by atoms with E-state index in [1.165, 1.54) is 11.3 Å². The van der Waals surface area contributed by atoms with Gasteiger partial charge in [-0.25, -0.2) is 4.98 Å². The number of benzene rings is 3. The van der Waals surface area contributed by atoms with Gasteiger partial charge < -0.3 is 14.0 Å². The molecule has 5 aromatic rings. The van der Waals surface area contributed by atoms with Crippen molar-refractivity contribution in [3.8, 4) is 22.8 Å². The van der Waals surface area contributed by atoms with E-state index in [2.05, 4.69) is 38.1 Å². The van der Waals surface area contributed by atoms with Crippen LogP contribution in [0.25, 0.3) is 22.2 Å². The van der Waals surface area contributed by atoms with Gasteiger partial charge in [-0.2, -0.15) is 5.11 Å². The largest absolute Gasteiger partial charge is 0.493 e. The highest BCUT2D eigenvalue weighted by molar-refractivity contribution is 7.13. The molecule has 0 aliphatic carbocycles. The summed E-state index contributed by atoms with van der Waals surface area (Å²) in [5.74, 6) is 1.33. The van der Waals surface area contributed by atoms with Crippen molar-refractivity contribution < 1.29 is 9.47 Å². The van der Waals surface area contributed by atoms with Crippen molar-refractivity contribution >= 4 is 50.6 Å². The van der Waals surface area contributed by atoms with Gasteiger partial charge in [-0.1, -0.05) is 47.5 Å². The highest BCUT2D eigenvalue weighted by Crippen LogP contribution is 2.34. The summed E-state index contributed by atoms with van der Waals surface area (Å²) in [6.07, 6.45) is 2.10. The van der Waals surface area contributed by atoms with Gasteiger partial charge in [-0.15, -0.1) is 16.5 Å². The average molecular weight is 537 g/mol. The Morgan fingerprint density at radius 3 is 2.58 bits per heavy atom.